The van der Waals surface area contributed by atoms with Gasteiger partial charge in [-0.3, -0.25) is 19.0 Å². The van der Waals surface area contributed by atoms with E-state index in [1.165, 1.54) is 29.2 Å². The fourth-order valence-electron chi connectivity index (χ4n) is 2.20. The van der Waals surface area contributed by atoms with Gasteiger partial charge >= 0.3 is 0 Å². The first-order chi connectivity index (χ1) is 11.5. The second-order valence-electron chi connectivity index (χ2n) is 5.12. The Balaban J connectivity index is 1.69. The van der Waals surface area contributed by atoms with Gasteiger partial charge < -0.3 is 10.6 Å². The molecule has 0 aliphatic rings. The van der Waals surface area contributed by atoms with Gasteiger partial charge in [-0.15, -0.1) is 11.3 Å². The number of carbonyl (C=O) groups is 2. The van der Waals surface area contributed by atoms with Crippen molar-refractivity contribution < 1.29 is 9.59 Å². The number of fused-ring (bicyclic) bond motifs is 1. The minimum absolute atomic E-state index is 0.120. The molecule has 1 aromatic carbocycles. The Morgan fingerprint density at radius 1 is 1.12 bits per heavy atom. The largest absolute Gasteiger partial charge is 0.326 e. The zero-order chi connectivity index (χ0) is 17.1. The molecule has 0 aliphatic carbocycles. The fraction of sp³-hybridized carbons (Fsp3) is 0.125. The molecule has 24 heavy (non-hydrogen) atoms. The maximum atomic E-state index is 12.2. The number of nitrogens with one attached hydrogen (secondary N) is 2. The molecule has 0 fully saturated rings. The van der Waals surface area contributed by atoms with Gasteiger partial charge in [0.2, 0.25) is 11.8 Å². The lowest BCUT2D eigenvalue weighted by molar-refractivity contribution is -0.117. The second-order valence-corrected chi connectivity index (χ2v) is 6.02. The van der Waals surface area contributed by atoms with Crippen LogP contribution in [-0.2, 0) is 16.1 Å². The highest BCUT2D eigenvalue weighted by atomic mass is 32.1. The van der Waals surface area contributed by atoms with Gasteiger partial charge in [-0.05, 0) is 35.7 Å². The van der Waals surface area contributed by atoms with E-state index >= 15 is 0 Å². The molecule has 0 aliphatic heterocycles. The van der Waals surface area contributed by atoms with Crippen molar-refractivity contribution in [3.05, 3.63) is 52.4 Å². The Bertz CT molecular complexity index is 959. The summed E-state index contributed by atoms with van der Waals surface area (Å²) in [4.78, 5) is 40.1. The molecule has 0 spiro atoms. The minimum atomic E-state index is -0.333. The average Bonchev–Trinajstić information content (AvgIpc) is 3.01. The van der Waals surface area contributed by atoms with E-state index in [1.807, 2.05) is 0 Å². The maximum absolute atomic E-state index is 12.2. The van der Waals surface area contributed by atoms with Crippen LogP contribution in [0.1, 0.15) is 6.92 Å². The highest BCUT2D eigenvalue weighted by Gasteiger charge is 2.09. The van der Waals surface area contributed by atoms with Crippen molar-refractivity contribution in [1.82, 2.24) is 9.55 Å². The SMILES string of the molecule is CC(=O)Nc1ccc(NC(=O)Cn2cnc3sccc3c2=O)cc1. The van der Waals surface area contributed by atoms with Crippen LogP contribution in [0.25, 0.3) is 10.2 Å². The van der Waals surface area contributed by atoms with Gasteiger partial charge in [-0.25, -0.2) is 4.98 Å². The Morgan fingerprint density at radius 2 is 1.79 bits per heavy atom. The van der Waals surface area contributed by atoms with Crippen LogP contribution in [0.4, 0.5) is 11.4 Å². The van der Waals surface area contributed by atoms with Crippen LogP contribution >= 0.6 is 11.3 Å². The van der Waals surface area contributed by atoms with Crippen LogP contribution in [0.2, 0.25) is 0 Å². The standard InChI is InChI=1S/C16H14N4O3S/c1-10(21)18-11-2-4-12(5-3-11)19-14(22)8-20-9-17-15-13(16(20)23)6-7-24-15/h2-7,9H,8H2,1H3,(H,18,21)(H,19,22). The Kier molecular flexibility index (Phi) is 4.39. The van der Waals surface area contributed by atoms with E-state index < -0.39 is 0 Å². The van der Waals surface area contributed by atoms with E-state index in [9.17, 15) is 14.4 Å². The second kappa shape index (κ2) is 6.63. The first kappa shape index (κ1) is 15.9. The zero-order valence-corrected chi connectivity index (χ0v) is 13.6. The minimum Gasteiger partial charge on any atom is -0.326 e. The third-order valence-electron chi connectivity index (χ3n) is 3.25. The van der Waals surface area contributed by atoms with Gasteiger partial charge in [-0.2, -0.15) is 0 Å². The van der Waals surface area contributed by atoms with E-state index in [0.29, 0.717) is 21.6 Å². The number of benzene rings is 1. The Hall–Kier alpha value is -3.00. The first-order valence-corrected chi connectivity index (χ1v) is 8.01. The summed E-state index contributed by atoms with van der Waals surface area (Å²) in [5, 5.41) is 7.65. The summed E-state index contributed by atoms with van der Waals surface area (Å²) < 4.78 is 1.27. The predicted molar refractivity (Wildman–Crippen MR) is 93.3 cm³/mol. The number of anilines is 2. The molecular weight excluding hydrogens is 328 g/mol. The highest BCUT2D eigenvalue weighted by molar-refractivity contribution is 7.16. The van der Waals surface area contributed by atoms with Crippen molar-refractivity contribution in [3.63, 3.8) is 0 Å². The van der Waals surface area contributed by atoms with E-state index in [-0.39, 0.29) is 23.9 Å². The zero-order valence-electron chi connectivity index (χ0n) is 12.8. The third kappa shape index (κ3) is 3.49. The average molecular weight is 342 g/mol. The number of aromatic nitrogens is 2. The van der Waals surface area contributed by atoms with Crippen LogP contribution in [0.5, 0.6) is 0 Å². The van der Waals surface area contributed by atoms with E-state index in [1.54, 1.807) is 35.7 Å². The number of hydrogen-bond donors (Lipinski definition) is 2. The molecule has 2 amide bonds. The molecule has 0 bridgehead atoms. The van der Waals surface area contributed by atoms with E-state index in [4.69, 9.17) is 0 Å². The van der Waals surface area contributed by atoms with Crippen LogP contribution < -0.4 is 16.2 Å². The van der Waals surface area contributed by atoms with Crippen LogP contribution in [-0.4, -0.2) is 21.4 Å². The monoisotopic (exact) mass is 342 g/mol. The van der Waals surface area contributed by atoms with Gasteiger partial charge in [0.15, 0.2) is 0 Å². The lowest BCUT2D eigenvalue weighted by Crippen LogP contribution is -2.27. The van der Waals surface area contributed by atoms with Gasteiger partial charge in [0.25, 0.3) is 5.56 Å². The smallest absolute Gasteiger partial charge is 0.262 e. The van der Waals surface area contributed by atoms with Crippen molar-refractivity contribution in [3.8, 4) is 0 Å². The van der Waals surface area contributed by atoms with Crippen molar-refractivity contribution in [2.45, 2.75) is 13.5 Å². The number of carbonyl (C=O) groups excluding carboxylic acids is 2. The molecule has 3 rings (SSSR count). The number of thiophene rings is 1. The summed E-state index contributed by atoms with van der Waals surface area (Å²) in [7, 11) is 0. The lowest BCUT2D eigenvalue weighted by atomic mass is 10.2. The summed E-state index contributed by atoms with van der Waals surface area (Å²) in [6.07, 6.45) is 1.38. The maximum Gasteiger partial charge on any atom is 0.262 e. The molecule has 0 saturated heterocycles. The van der Waals surface area contributed by atoms with Crippen molar-refractivity contribution in [2.75, 3.05) is 10.6 Å². The number of nitrogens with zero attached hydrogens (tertiary/aromatic N) is 2. The van der Waals surface area contributed by atoms with Crippen molar-refractivity contribution >= 4 is 44.7 Å². The van der Waals surface area contributed by atoms with Gasteiger partial charge in [0, 0.05) is 18.3 Å². The van der Waals surface area contributed by atoms with Crippen molar-refractivity contribution in [2.24, 2.45) is 0 Å². The quantitative estimate of drug-likeness (QED) is 0.759. The van der Waals surface area contributed by atoms with Crippen molar-refractivity contribution in [1.29, 1.82) is 0 Å². The Morgan fingerprint density at radius 3 is 2.46 bits per heavy atom. The molecule has 7 nitrogen and oxygen atoms in total. The van der Waals surface area contributed by atoms with Crippen LogP contribution in [0.15, 0.2) is 46.8 Å². The molecule has 2 N–H and O–H groups in total. The van der Waals surface area contributed by atoms with Gasteiger partial charge in [-0.1, -0.05) is 0 Å². The number of hydrogen-bond acceptors (Lipinski definition) is 5. The molecule has 0 atom stereocenters. The summed E-state index contributed by atoms with van der Waals surface area (Å²) in [6, 6.07) is 8.41. The summed E-state index contributed by atoms with van der Waals surface area (Å²) in [5.41, 5.74) is 0.980. The normalized spacial score (nSPS) is 10.5. The molecular formula is C16H14N4O3S. The first-order valence-electron chi connectivity index (χ1n) is 7.13. The number of rotatable bonds is 4. The molecule has 122 valence electrons. The molecule has 0 saturated carbocycles. The van der Waals surface area contributed by atoms with Gasteiger partial charge in [0.05, 0.1) is 11.7 Å². The topological polar surface area (TPSA) is 93.1 Å². The summed E-state index contributed by atoms with van der Waals surface area (Å²) in [6.45, 7) is 1.30. The van der Waals surface area contributed by atoms with E-state index in [0.717, 1.165) is 0 Å². The summed E-state index contributed by atoms with van der Waals surface area (Å²) >= 11 is 1.38. The molecule has 0 unspecified atom stereocenters. The summed E-state index contributed by atoms with van der Waals surface area (Å²) in [5.74, 6) is -0.497. The lowest BCUT2D eigenvalue weighted by Gasteiger charge is -2.08. The highest BCUT2D eigenvalue weighted by Crippen LogP contribution is 2.14. The number of amides is 2. The molecule has 3 aromatic rings. The fourth-order valence-corrected chi connectivity index (χ4v) is 2.92. The van der Waals surface area contributed by atoms with Gasteiger partial charge in [0.1, 0.15) is 11.4 Å². The predicted octanol–water partition coefficient (Wildman–Crippen LogP) is 2.06. The van der Waals surface area contributed by atoms with Crippen LogP contribution in [0, 0.1) is 0 Å². The van der Waals surface area contributed by atoms with Crippen LogP contribution in [0.3, 0.4) is 0 Å². The third-order valence-corrected chi connectivity index (χ3v) is 4.07. The molecule has 0 radical (unpaired) electrons. The molecule has 8 heteroatoms. The Labute approximate surface area is 141 Å². The molecule has 2 aromatic heterocycles. The van der Waals surface area contributed by atoms with E-state index in [2.05, 4.69) is 15.6 Å². The molecule has 2 heterocycles.